The molecule has 140 valence electrons. The minimum Gasteiger partial charge on any atom is -0.142 e. The van der Waals surface area contributed by atoms with Crippen LogP contribution in [-0.2, 0) is 0 Å². The fraction of sp³-hybridized carbons (Fsp3) is 0. The molecule has 6 aromatic carbocycles. The van der Waals surface area contributed by atoms with E-state index < -0.39 is 0 Å². The predicted molar refractivity (Wildman–Crippen MR) is 137 cm³/mol. The maximum Gasteiger partial charge on any atom is 0.0584 e. The molecule has 0 fully saturated rings. The van der Waals surface area contributed by atoms with Crippen LogP contribution in [-0.4, -0.2) is 0 Å². The van der Waals surface area contributed by atoms with E-state index in [0.717, 1.165) is 20.8 Å². The number of halogens is 2. The summed E-state index contributed by atoms with van der Waals surface area (Å²) in [5.74, 6) is 0. The molecule has 0 saturated carbocycles. The van der Waals surface area contributed by atoms with Gasteiger partial charge >= 0.3 is 0 Å². The summed E-state index contributed by atoms with van der Waals surface area (Å²) in [6.45, 7) is 0. The van der Waals surface area contributed by atoms with Gasteiger partial charge in [-0.1, -0.05) is 47.5 Å². The molecule has 0 aliphatic rings. The zero-order valence-electron chi connectivity index (χ0n) is 15.3. The maximum absolute atomic E-state index is 6.61. The second kappa shape index (κ2) is 5.27. The van der Waals surface area contributed by atoms with E-state index in [1.165, 1.54) is 63.3 Å². The second-order valence-corrected chi connectivity index (χ2v) is 10.7. The summed E-state index contributed by atoms with van der Waals surface area (Å²) in [6.07, 6.45) is 0. The molecule has 0 aliphatic carbocycles. The van der Waals surface area contributed by atoms with Gasteiger partial charge in [-0.15, -0.1) is 22.7 Å². The van der Waals surface area contributed by atoms with Crippen molar-refractivity contribution in [2.45, 2.75) is 0 Å². The highest BCUT2D eigenvalue weighted by atomic mass is 35.5. The van der Waals surface area contributed by atoms with Crippen LogP contribution in [0.1, 0.15) is 0 Å². The van der Waals surface area contributed by atoms with Gasteiger partial charge in [-0.2, -0.15) is 0 Å². The van der Waals surface area contributed by atoms with E-state index in [1.807, 2.05) is 0 Å². The van der Waals surface area contributed by atoms with E-state index in [4.69, 9.17) is 23.2 Å². The minimum absolute atomic E-state index is 0.829. The standard InChI is InChI=1S/C26H10Cl2S2/c27-17-9-29-19-8-14-6-12-2-4-16-18(28)10-30-20-7-13-5-11-1-3-15(17)25(19)21(11)23(14)24(13)22(12)26(16)20/h1-10H. The normalized spacial score (nSPS) is 13.0. The van der Waals surface area contributed by atoms with Crippen LogP contribution in [0.4, 0.5) is 0 Å². The Morgan fingerprint density at radius 2 is 0.900 bits per heavy atom. The summed E-state index contributed by atoms with van der Waals surface area (Å²) < 4.78 is 2.57. The Kier molecular flexibility index (Phi) is 2.87. The lowest BCUT2D eigenvalue weighted by Gasteiger charge is -2.20. The molecule has 0 aliphatic heterocycles. The van der Waals surface area contributed by atoms with Crippen LogP contribution in [0.2, 0.25) is 10.0 Å². The molecule has 0 spiro atoms. The first kappa shape index (κ1) is 16.3. The fourth-order valence-electron chi connectivity index (χ4n) is 5.43. The Hall–Kier alpha value is -2.36. The zero-order valence-corrected chi connectivity index (χ0v) is 18.5. The van der Waals surface area contributed by atoms with Crippen LogP contribution >= 0.6 is 45.9 Å². The van der Waals surface area contributed by atoms with E-state index in [1.54, 1.807) is 22.7 Å². The number of benzene rings is 6. The zero-order chi connectivity index (χ0) is 19.7. The van der Waals surface area contributed by atoms with Crippen molar-refractivity contribution in [2.75, 3.05) is 0 Å². The maximum atomic E-state index is 6.61. The quantitative estimate of drug-likeness (QED) is 0.157. The third-order valence-electron chi connectivity index (χ3n) is 6.58. The summed E-state index contributed by atoms with van der Waals surface area (Å²) in [7, 11) is 0. The van der Waals surface area contributed by atoms with Crippen molar-refractivity contribution in [1.82, 2.24) is 0 Å². The summed E-state index contributed by atoms with van der Waals surface area (Å²) >= 11 is 16.7. The van der Waals surface area contributed by atoms with Gasteiger partial charge in [-0.25, -0.2) is 0 Å². The van der Waals surface area contributed by atoms with E-state index >= 15 is 0 Å². The van der Waals surface area contributed by atoms with Gasteiger partial charge in [0.2, 0.25) is 0 Å². The van der Waals surface area contributed by atoms with Crippen molar-refractivity contribution in [3.8, 4) is 0 Å². The van der Waals surface area contributed by atoms with Crippen molar-refractivity contribution in [2.24, 2.45) is 0 Å². The van der Waals surface area contributed by atoms with Gasteiger partial charge in [-0.3, -0.25) is 0 Å². The van der Waals surface area contributed by atoms with Crippen LogP contribution in [0.5, 0.6) is 0 Å². The van der Waals surface area contributed by atoms with Crippen LogP contribution in [0.25, 0.3) is 74.0 Å². The van der Waals surface area contributed by atoms with Gasteiger partial charge in [0.25, 0.3) is 0 Å². The van der Waals surface area contributed by atoms with Crippen LogP contribution in [0.3, 0.4) is 0 Å². The van der Waals surface area contributed by atoms with Gasteiger partial charge in [0.1, 0.15) is 0 Å². The lowest BCUT2D eigenvalue weighted by molar-refractivity contribution is 1.86. The highest BCUT2D eigenvalue weighted by molar-refractivity contribution is 7.18. The Balaban J connectivity index is 1.82. The van der Waals surface area contributed by atoms with E-state index in [0.29, 0.717) is 0 Å². The Morgan fingerprint density at radius 3 is 1.37 bits per heavy atom. The monoisotopic (exact) mass is 456 g/mol. The van der Waals surface area contributed by atoms with Crippen molar-refractivity contribution < 1.29 is 0 Å². The van der Waals surface area contributed by atoms with Crippen molar-refractivity contribution in [1.29, 1.82) is 0 Å². The van der Waals surface area contributed by atoms with Crippen molar-refractivity contribution in [3.63, 3.8) is 0 Å². The van der Waals surface area contributed by atoms with Crippen molar-refractivity contribution in [3.05, 3.63) is 69.3 Å². The number of rotatable bonds is 0. The molecule has 8 rings (SSSR count). The van der Waals surface area contributed by atoms with Gasteiger partial charge in [-0.05, 0) is 67.4 Å². The summed E-state index contributed by atoms with van der Waals surface area (Å²) in [5.41, 5.74) is 0. The molecule has 0 N–H and O–H groups in total. The molecule has 0 nitrogen and oxygen atoms in total. The van der Waals surface area contributed by atoms with E-state index in [2.05, 4.69) is 59.3 Å². The molecule has 0 unspecified atom stereocenters. The first-order valence-electron chi connectivity index (χ1n) is 9.72. The summed E-state index contributed by atoms with van der Waals surface area (Å²) in [5, 5.41) is 21.1. The topological polar surface area (TPSA) is 0 Å². The molecule has 0 bridgehead atoms. The molecule has 2 aromatic heterocycles. The smallest absolute Gasteiger partial charge is 0.0584 e. The van der Waals surface area contributed by atoms with Crippen LogP contribution in [0, 0.1) is 0 Å². The Bertz CT molecular complexity index is 1830. The molecule has 0 atom stereocenters. The molecule has 2 heterocycles. The first-order chi connectivity index (χ1) is 14.7. The van der Waals surface area contributed by atoms with Crippen LogP contribution < -0.4 is 0 Å². The van der Waals surface area contributed by atoms with Crippen LogP contribution in [0.15, 0.2) is 59.3 Å². The summed E-state index contributed by atoms with van der Waals surface area (Å²) in [4.78, 5) is 0. The van der Waals surface area contributed by atoms with E-state index in [9.17, 15) is 0 Å². The third-order valence-corrected chi connectivity index (χ3v) is 9.33. The largest absolute Gasteiger partial charge is 0.142 e. The first-order valence-corrected chi connectivity index (χ1v) is 12.2. The second-order valence-electron chi connectivity index (χ2n) is 8.04. The molecule has 0 radical (unpaired) electrons. The molecule has 0 amide bonds. The Morgan fingerprint density at radius 1 is 0.467 bits per heavy atom. The average Bonchev–Trinajstić information content (AvgIpc) is 2.76. The minimum atomic E-state index is 0.829. The Labute approximate surface area is 188 Å². The van der Waals surface area contributed by atoms with Gasteiger partial charge in [0, 0.05) is 41.7 Å². The number of hydrogen-bond donors (Lipinski definition) is 0. The molecule has 0 saturated heterocycles. The average molecular weight is 457 g/mol. The highest BCUT2D eigenvalue weighted by Gasteiger charge is 2.21. The molecular weight excluding hydrogens is 447 g/mol. The molecule has 30 heavy (non-hydrogen) atoms. The lowest BCUT2D eigenvalue weighted by Crippen LogP contribution is -1.91. The van der Waals surface area contributed by atoms with Gasteiger partial charge in [0.15, 0.2) is 0 Å². The predicted octanol–water partition coefficient (Wildman–Crippen LogP) is 10.1. The fourth-order valence-corrected chi connectivity index (χ4v) is 7.78. The number of hydrogen-bond acceptors (Lipinski definition) is 2. The van der Waals surface area contributed by atoms with Gasteiger partial charge < -0.3 is 0 Å². The van der Waals surface area contributed by atoms with Gasteiger partial charge in [0.05, 0.1) is 10.0 Å². The lowest BCUT2D eigenvalue weighted by atomic mass is 9.85. The highest BCUT2D eigenvalue weighted by Crippen LogP contribution is 2.50. The third kappa shape index (κ3) is 1.78. The van der Waals surface area contributed by atoms with E-state index in [-0.39, 0.29) is 0 Å². The molecule has 8 aromatic rings. The summed E-state index contributed by atoms with van der Waals surface area (Å²) in [6, 6.07) is 18.2. The molecule has 4 heteroatoms. The van der Waals surface area contributed by atoms with Crippen molar-refractivity contribution >= 4 is 120 Å². The molecular formula is C26H10Cl2S2. The SMILES string of the molecule is Clc1csc2cc3cc4ccc5c(Cl)csc6cc7cc8ccc1c2c8c3c7c4c65.